The molecule has 0 aliphatic heterocycles. The van der Waals surface area contributed by atoms with Gasteiger partial charge in [-0.1, -0.05) is 18.2 Å². The molecular weight excluding hydrogens is 296 g/mol. The predicted octanol–water partition coefficient (Wildman–Crippen LogP) is 1.03. The first-order chi connectivity index (χ1) is 10.2. The number of fused-ring (bicyclic) bond motifs is 1. The lowest BCUT2D eigenvalue weighted by Gasteiger charge is -2.12. The van der Waals surface area contributed by atoms with Gasteiger partial charge in [0, 0.05) is 19.1 Å². The second kappa shape index (κ2) is 6.67. The minimum atomic E-state index is 0. The lowest BCUT2D eigenvalue weighted by Crippen LogP contribution is -3.00. The molecule has 22 heavy (non-hydrogen) atoms. The fourth-order valence-corrected chi connectivity index (χ4v) is 2.53. The van der Waals surface area contributed by atoms with Crippen LogP contribution in [0.4, 0.5) is 11.4 Å². The first-order valence-electron chi connectivity index (χ1n) is 7.01. The zero-order chi connectivity index (χ0) is 14.8. The SMILES string of the molecule is COc1ccccc1Nc1cc(C)[nH+]c2ccc(C)cc12.[Cl-]. The van der Waals surface area contributed by atoms with Crippen molar-refractivity contribution < 1.29 is 22.1 Å². The number of ether oxygens (including phenoxy) is 1. The summed E-state index contributed by atoms with van der Waals surface area (Å²) in [6, 6.07) is 16.5. The summed E-state index contributed by atoms with van der Waals surface area (Å²) in [5, 5.41) is 4.66. The Morgan fingerprint density at radius 1 is 0.955 bits per heavy atom. The van der Waals surface area contributed by atoms with Crippen LogP contribution >= 0.6 is 0 Å². The van der Waals surface area contributed by atoms with E-state index < -0.39 is 0 Å². The lowest BCUT2D eigenvalue weighted by atomic mass is 10.1. The van der Waals surface area contributed by atoms with Gasteiger partial charge < -0.3 is 22.5 Å². The predicted molar refractivity (Wildman–Crippen MR) is 86.3 cm³/mol. The largest absolute Gasteiger partial charge is 1.00 e. The van der Waals surface area contributed by atoms with Gasteiger partial charge in [-0.2, -0.15) is 0 Å². The molecule has 0 atom stereocenters. The highest BCUT2D eigenvalue weighted by Crippen LogP contribution is 2.30. The molecule has 2 aromatic carbocycles. The summed E-state index contributed by atoms with van der Waals surface area (Å²) in [4.78, 5) is 3.40. The summed E-state index contributed by atoms with van der Waals surface area (Å²) in [5.41, 5.74) is 5.52. The molecule has 114 valence electrons. The molecule has 0 unspecified atom stereocenters. The number of methoxy groups -OCH3 is 1. The number of nitrogens with one attached hydrogen (secondary N) is 2. The van der Waals surface area contributed by atoms with Gasteiger partial charge in [-0.25, -0.2) is 4.98 Å². The summed E-state index contributed by atoms with van der Waals surface area (Å²) in [5.74, 6) is 0.837. The number of aromatic amines is 1. The van der Waals surface area contributed by atoms with Crippen LogP contribution in [0.25, 0.3) is 10.9 Å². The van der Waals surface area contributed by atoms with Crippen molar-refractivity contribution in [2.45, 2.75) is 13.8 Å². The zero-order valence-corrected chi connectivity index (χ0v) is 13.7. The Kier molecular flexibility index (Phi) is 4.88. The molecule has 0 bridgehead atoms. The van der Waals surface area contributed by atoms with E-state index in [-0.39, 0.29) is 12.4 Å². The molecule has 4 heteroatoms. The number of hydrogen-bond donors (Lipinski definition) is 1. The number of para-hydroxylation sites is 2. The number of benzene rings is 2. The van der Waals surface area contributed by atoms with Gasteiger partial charge in [-0.05, 0) is 30.7 Å². The molecule has 3 nitrogen and oxygen atoms in total. The van der Waals surface area contributed by atoms with Crippen molar-refractivity contribution in [1.82, 2.24) is 0 Å². The van der Waals surface area contributed by atoms with Crippen molar-refractivity contribution in [3.63, 3.8) is 0 Å². The number of aromatic nitrogens is 1. The smallest absolute Gasteiger partial charge is 0.213 e. The third kappa shape index (κ3) is 3.15. The fraction of sp³-hybridized carbons (Fsp3) is 0.167. The molecule has 1 aromatic heterocycles. The van der Waals surface area contributed by atoms with Gasteiger partial charge in [0.05, 0.1) is 23.9 Å². The van der Waals surface area contributed by atoms with Crippen molar-refractivity contribution in [2.75, 3.05) is 12.4 Å². The van der Waals surface area contributed by atoms with Gasteiger partial charge in [0.2, 0.25) is 5.52 Å². The normalized spacial score (nSPS) is 10.1. The molecule has 0 saturated heterocycles. The average molecular weight is 315 g/mol. The number of aryl methyl sites for hydroxylation is 2. The molecular formula is C18H19ClN2O. The first kappa shape index (κ1) is 16.1. The highest BCUT2D eigenvalue weighted by molar-refractivity contribution is 5.92. The van der Waals surface area contributed by atoms with Crippen LogP contribution in [-0.4, -0.2) is 7.11 Å². The Balaban J connectivity index is 0.00000176. The summed E-state index contributed by atoms with van der Waals surface area (Å²) in [6.07, 6.45) is 0. The standard InChI is InChI=1S/C18H18N2O.ClH/c1-12-8-9-15-14(10-12)17(11-13(2)19-15)20-16-6-4-5-7-18(16)21-3;/h4-11H,1-3H3,(H,19,20);1H. The molecule has 0 amide bonds. The van der Waals surface area contributed by atoms with E-state index >= 15 is 0 Å². The number of anilines is 2. The molecule has 0 fully saturated rings. The summed E-state index contributed by atoms with van der Waals surface area (Å²) >= 11 is 0. The minimum Gasteiger partial charge on any atom is -1.00 e. The van der Waals surface area contributed by atoms with Crippen LogP contribution in [0.5, 0.6) is 5.75 Å². The highest BCUT2D eigenvalue weighted by Gasteiger charge is 2.11. The molecule has 0 spiro atoms. The number of halogens is 1. The van der Waals surface area contributed by atoms with Crippen LogP contribution in [0.15, 0.2) is 48.5 Å². The van der Waals surface area contributed by atoms with Gasteiger partial charge in [-0.3, -0.25) is 0 Å². The van der Waals surface area contributed by atoms with Gasteiger partial charge in [0.1, 0.15) is 5.75 Å². The van der Waals surface area contributed by atoms with Crippen LogP contribution in [0.1, 0.15) is 11.3 Å². The molecule has 3 rings (SSSR count). The van der Waals surface area contributed by atoms with Crippen molar-refractivity contribution in [1.29, 1.82) is 0 Å². The fourth-order valence-electron chi connectivity index (χ4n) is 2.53. The van der Waals surface area contributed by atoms with E-state index in [1.54, 1.807) is 7.11 Å². The Labute approximate surface area is 136 Å². The van der Waals surface area contributed by atoms with Crippen LogP contribution in [0.2, 0.25) is 0 Å². The Hall–Kier alpha value is -2.26. The van der Waals surface area contributed by atoms with Gasteiger partial charge in [0.25, 0.3) is 0 Å². The van der Waals surface area contributed by atoms with Crippen molar-refractivity contribution in [3.8, 4) is 5.75 Å². The first-order valence-corrected chi connectivity index (χ1v) is 7.01. The van der Waals surface area contributed by atoms with E-state index in [0.717, 1.165) is 28.3 Å². The zero-order valence-electron chi connectivity index (χ0n) is 12.9. The second-order valence-electron chi connectivity index (χ2n) is 5.24. The van der Waals surface area contributed by atoms with Gasteiger partial charge >= 0.3 is 0 Å². The summed E-state index contributed by atoms with van der Waals surface area (Å²) in [7, 11) is 1.69. The number of rotatable bonds is 3. The van der Waals surface area contributed by atoms with Gasteiger partial charge in [-0.15, -0.1) is 0 Å². The highest BCUT2D eigenvalue weighted by atomic mass is 35.5. The molecule has 0 aliphatic carbocycles. The number of pyridine rings is 1. The number of H-pyrrole nitrogens is 1. The van der Waals surface area contributed by atoms with Crippen molar-refractivity contribution >= 4 is 22.3 Å². The lowest BCUT2D eigenvalue weighted by molar-refractivity contribution is -0.354. The van der Waals surface area contributed by atoms with Crippen molar-refractivity contribution in [2.24, 2.45) is 0 Å². The molecule has 2 N–H and O–H groups in total. The molecule has 0 saturated carbocycles. The Morgan fingerprint density at radius 2 is 1.73 bits per heavy atom. The maximum Gasteiger partial charge on any atom is 0.213 e. The van der Waals surface area contributed by atoms with Gasteiger partial charge in [0.15, 0.2) is 5.69 Å². The van der Waals surface area contributed by atoms with Crippen LogP contribution in [-0.2, 0) is 0 Å². The van der Waals surface area contributed by atoms with Crippen LogP contribution < -0.4 is 27.4 Å². The third-order valence-electron chi connectivity index (χ3n) is 3.53. The maximum atomic E-state index is 5.41. The second-order valence-corrected chi connectivity index (χ2v) is 5.24. The van der Waals surface area contributed by atoms with E-state index in [1.807, 2.05) is 24.3 Å². The van der Waals surface area contributed by atoms with Crippen molar-refractivity contribution in [3.05, 3.63) is 59.8 Å². The Bertz CT molecular complexity index is 802. The van der Waals surface area contributed by atoms with Crippen LogP contribution in [0, 0.1) is 13.8 Å². The van der Waals surface area contributed by atoms with E-state index in [2.05, 4.69) is 48.4 Å². The topological polar surface area (TPSA) is 35.4 Å². The molecule has 0 radical (unpaired) electrons. The average Bonchev–Trinajstić information content (AvgIpc) is 2.48. The minimum absolute atomic E-state index is 0. The van der Waals surface area contributed by atoms with E-state index in [0.29, 0.717) is 0 Å². The number of hydrogen-bond acceptors (Lipinski definition) is 2. The third-order valence-corrected chi connectivity index (χ3v) is 3.53. The van der Waals surface area contributed by atoms with E-state index in [1.165, 1.54) is 10.9 Å². The summed E-state index contributed by atoms with van der Waals surface area (Å²) in [6.45, 7) is 4.17. The Morgan fingerprint density at radius 3 is 2.50 bits per heavy atom. The quantitative estimate of drug-likeness (QED) is 0.784. The summed E-state index contributed by atoms with van der Waals surface area (Å²) < 4.78 is 5.41. The monoisotopic (exact) mass is 314 g/mol. The molecule has 3 aromatic rings. The van der Waals surface area contributed by atoms with E-state index in [4.69, 9.17) is 4.74 Å². The molecule has 1 heterocycles. The van der Waals surface area contributed by atoms with E-state index in [9.17, 15) is 0 Å². The molecule has 0 aliphatic rings. The van der Waals surface area contributed by atoms with Crippen LogP contribution in [0.3, 0.4) is 0 Å². The maximum absolute atomic E-state index is 5.41.